The summed E-state index contributed by atoms with van der Waals surface area (Å²) in [6.07, 6.45) is 9.55. The van der Waals surface area contributed by atoms with Gasteiger partial charge in [-0.1, -0.05) is 0 Å². The molecule has 3 aliphatic heterocycles. The monoisotopic (exact) mass is 832 g/mol. The van der Waals surface area contributed by atoms with Gasteiger partial charge in [0.15, 0.2) is 0 Å². The third-order valence-corrected chi connectivity index (χ3v) is 13.3. The molecule has 3 aromatic heterocycles. The van der Waals surface area contributed by atoms with Crippen LogP contribution in [0.4, 0.5) is 20.2 Å². The highest BCUT2D eigenvalue weighted by molar-refractivity contribution is 6.05. The van der Waals surface area contributed by atoms with Gasteiger partial charge < -0.3 is 15.3 Å². The lowest BCUT2D eigenvalue weighted by molar-refractivity contribution is -0.134. The van der Waals surface area contributed by atoms with E-state index in [0.717, 1.165) is 75.6 Å². The van der Waals surface area contributed by atoms with Crippen LogP contribution in [-0.4, -0.2) is 103 Å². The van der Waals surface area contributed by atoms with Crippen molar-refractivity contribution in [3.8, 4) is 6.07 Å². The minimum absolute atomic E-state index is 0.0606. The molecule has 3 saturated heterocycles. The second-order valence-corrected chi connectivity index (χ2v) is 17.6. The van der Waals surface area contributed by atoms with Gasteiger partial charge >= 0.3 is 0 Å². The number of nitrogens with zero attached hydrogens (tertiary/aromatic N) is 8. The maximum Gasteiger partial charge on any atom is 0.274 e. The van der Waals surface area contributed by atoms with Gasteiger partial charge in [0, 0.05) is 91.9 Å². The third kappa shape index (κ3) is 8.09. The molecule has 1 aliphatic carbocycles. The van der Waals surface area contributed by atoms with Gasteiger partial charge in [0.1, 0.15) is 23.4 Å². The molecule has 4 fully saturated rings. The van der Waals surface area contributed by atoms with Crippen molar-refractivity contribution < 1.29 is 28.3 Å². The molecule has 5 aromatic rings. The number of aliphatic hydroxyl groups is 1. The highest BCUT2D eigenvalue weighted by Gasteiger charge is 2.35. The summed E-state index contributed by atoms with van der Waals surface area (Å²) in [5.74, 6) is -3.95. The molecule has 318 valence electrons. The summed E-state index contributed by atoms with van der Waals surface area (Å²) in [7, 11) is 0. The summed E-state index contributed by atoms with van der Waals surface area (Å²) in [5.41, 5.74) is 2.11. The Morgan fingerprint density at radius 2 is 1.54 bits per heavy atom. The van der Waals surface area contributed by atoms with Crippen LogP contribution in [0.1, 0.15) is 104 Å². The summed E-state index contributed by atoms with van der Waals surface area (Å²) in [4.78, 5) is 44.6. The lowest BCUT2D eigenvalue weighted by Gasteiger charge is -2.46. The van der Waals surface area contributed by atoms with E-state index >= 15 is 8.78 Å². The number of nitriles is 1. The molecule has 1 atom stereocenters. The number of hydrogen-bond acceptors (Lipinski definition) is 10. The summed E-state index contributed by atoms with van der Waals surface area (Å²) in [6, 6.07) is 14.7. The Balaban J connectivity index is 0.778. The second kappa shape index (κ2) is 16.3. The number of hydrogen-bond donors (Lipinski definition) is 3. The number of carbonyl (C=O) groups is 3. The van der Waals surface area contributed by atoms with Crippen LogP contribution in [0.2, 0.25) is 0 Å². The van der Waals surface area contributed by atoms with Crippen LogP contribution in [0, 0.1) is 23.0 Å². The Bertz CT molecular complexity index is 2530. The number of carbonyl (C=O) groups excluding carboxylic acids is 3. The first-order valence-corrected chi connectivity index (χ1v) is 21.3. The largest absolute Gasteiger partial charge is 0.386 e. The number of nitrogens with one attached hydrogen (secondary N) is 2. The molecule has 1 saturated carbocycles. The Kier molecular flexibility index (Phi) is 10.8. The smallest absolute Gasteiger partial charge is 0.274 e. The van der Waals surface area contributed by atoms with Crippen LogP contribution in [-0.2, 0) is 15.2 Å². The molecule has 3 N–H and O–H groups in total. The van der Waals surface area contributed by atoms with Crippen molar-refractivity contribution in [2.24, 2.45) is 0 Å². The Hall–Kier alpha value is -5.76. The van der Waals surface area contributed by atoms with Crippen molar-refractivity contribution >= 4 is 45.5 Å². The number of halogens is 2. The number of fused-ring (bicyclic) bond motifs is 2. The SMILES string of the molecule is CC(C)(O)c1cc2nn(C3CCC(N4CCN(C5CCN(c6cc(F)c([C@H]7CCC(=O)NC7=O)c(F)c6)CC5)CC4)CC3)cc2cc1NC(=O)c1ccc2cc(C#N)cnn12. The number of anilines is 2. The van der Waals surface area contributed by atoms with Gasteiger partial charge in [-0.05, 0) is 101 Å². The zero-order chi connectivity index (χ0) is 42.6. The first-order valence-electron chi connectivity index (χ1n) is 21.3. The molecule has 9 rings (SSSR count). The van der Waals surface area contributed by atoms with Gasteiger partial charge in [-0.15, -0.1) is 0 Å². The topological polar surface area (TPSA) is 164 Å². The van der Waals surface area contributed by atoms with Gasteiger partial charge in [0.05, 0.1) is 40.4 Å². The van der Waals surface area contributed by atoms with E-state index in [-0.39, 0.29) is 30.4 Å². The summed E-state index contributed by atoms with van der Waals surface area (Å²) in [5, 5.41) is 35.7. The zero-order valence-corrected chi connectivity index (χ0v) is 34.4. The number of piperazine rings is 1. The highest BCUT2D eigenvalue weighted by Crippen LogP contribution is 2.37. The molecule has 16 heteroatoms. The molecule has 6 heterocycles. The van der Waals surface area contributed by atoms with Crippen molar-refractivity contribution in [3.63, 3.8) is 0 Å². The first-order chi connectivity index (χ1) is 29.3. The summed E-state index contributed by atoms with van der Waals surface area (Å²) < 4.78 is 34.0. The van der Waals surface area contributed by atoms with E-state index in [2.05, 4.69) is 36.3 Å². The number of aromatic nitrogens is 4. The van der Waals surface area contributed by atoms with E-state index in [9.17, 15) is 24.8 Å². The van der Waals surface area contributed by atoms with Crippen LogP contribution in [0.25, 0.3) is 16.4 Å². The standard InChI is InChI=1S/C45H50F2N10O4/c1-45(2,61)35-23-38-28(20-39(35)50-44(60)40-9-7-32-19-27(24-48)25-49-57(32)40)26-56(52-38)31-5-3-29(4-6-31)54-15-17-55(18-16-54)30-11-13-53(14-12-30)33-21-36(46)42(37(47)22-33)34-8-10-41(58)51-43(34)59/h7,9,19-23,25-26,29-31,34,61H,3-6,8,10-18H2,1-2H3,(H,50,60)(H,51,58,59)/t29?,31?,34-/m1/s1. The maximum absolute atomic E-state index is 15.2. The molecule has 14 nitrogen and oxygen atoms in total. The molecule has 0 unspecified atom stereocenters. The van der Waals surface area contributed by atoms with Crippen molar-refractivity contribution in [3.05, 3.63) is 88.9 Å². The van der Waals surface area contributed by atoms with Crippen molar-refractivity contribution in [1.82, 2.24) is 34.5 Å². The number of rotatable bonds is 8. The van der Waals surface area contributed by atoms with Crippen LogP contribution in [0.5, 0.6) is 0 Å². The van der Waals surface area contributed by atoms with Crippen molar-refractivity contribution in [1.29, 1.82) is 5.26 Å². The molecule has 0 spiro atoms. The molecule has 2 aromatic carbocycles. The molecular weight excluding hydrogens is 783 g/mol. The maximum atomic E-state index is 15.2. The molecular formula is C45H50F2N10O4. The van der Waals surface area contributed by atoms with Gasteiger partial charge in [-0.25, -0.2) is 13.3 Å². The number of piperidine rings is 2. The van der Waals surface area contributed by atoms with Gasteiger partial charge in [-0.3, -0.25) is 34.2 Å². The lowest BCUT2D eigenvalue weighted by atomic mass is 9.89. The highest BCUT2D eigenvalue weighted by atomic mass is 19.1. The summed E-state index contributed by atoms with van der Waals surface area (Å²) >= 11 is 0. The molecule has 0 radical (unpaired) electrons. The average molecular weight is 833 g/mol. The van der Waals surface area contributed by atoms with E-state index in [4.69, 9.17) is 5.10 Å². The molecule has 0 bridgehead atoms. The number of amides is 3. The predicted octanol–water partition coefficient (Wildman–Crippen LogP) is 5.60. The van der Waals surface area contributed by atoms with Crippen LogP contribution < -0.4 is 15.5 Å². The van der Waals surface area contributed by atoms with Gasteiger partial charge in [-0.2, -0.15) is 15.5 Å². The van der Waals surface area contributed by atoms with E-state index in [1.54, 1.807) is 32.0 Å². The van der Waals surface area contributed by atoms with Crippen LogP contribution in [0.15, 0.2) is 54.9 Å². The zero-order valence-electron chi connectivity index (χ0n) is 34.4. The van der Waals surface area contributed by atoms with Crippen LogP contribution >= 0.6 is 0 Å². The van der Waals surface area contributed by atoms with Crippen LogP contribution in [0.3, 0.4) is 0 Å². The van der Waals surface area contributed by atoms with E-state index < -0.39 is 35.0 Å². The van der Waals surface area contributed by atoms with E-state index in [1.165, 1.54) is 22.8 Å². The van der Waals surface area contributed by atoms with E-state index in [1.807, 2.05) is 23.2 Å². The molecule has 61 heavy (non-hydrogen) atoms. The Labute approximate surface area is 352 Å². The van der Waals surface area contributed by atoms with Gasteiger partial charge in [0.2, 0.25) is 11.8 Å². The Morgan fingerprint density at radius 3 is 2.18 bits per heavy atom. The number of imide groups is 1. The summed E-state index contributed by atoms with van der Waals surface area (Å²) in [6.45, 7) is 8.74. The normalized spacial score (nSPS) is 22.4. The molecule has 4 aliphatic rings. The first kappa shape index (κ1) is 40.6. The van der Waals surface area contributed by atoms with E-state index in [0.29, 0.717) is 58.9 Å². The second-order valence-electron chi connectivity index (χ2n) is 17.6. The van der Waals surface area contributed by atoms with Crippen molar-refractivity contribution in [2.75, 3.05) is 49.5 Å². The Morgan fingerprint density at radius 1 is 0.885 bits per heavy atom. The quantitative estimate of drug-likeness (QED) is 0.168. The predicted molar refractivity (Wildman–Crippen MR) is 224 cm³/mol. The number of benzene rings is 2. The average Bonchev–Trinajstić information content (AvgIpc) is 3.88. The lowest BCUT2D eigenvalue weighted by Crippen LogP contribution is -2.55. The van der Waals surface area contributed by atoms with Crippen molar-refractivity contribution in [2.45, 2.75) is 94.9 Å². The van der Waals surface area contributed by atoms with Gasteiger partial charge in [0.25, 0.3) is 5.91 Å². The third-order valence-electron chi connectivity index (χ3n) is 13.3. The fourth-order valence-electron chi connectivity index (χ4n) is 10.0. The fraction of sp³-hybridized carbons (Fsp3) is 0.467. The molecule has 3 amide bonds. The minimum Gasteiger partial charge on any atom is -0.386 e. The minimum atomic E-state index is -1.25. The fourth-order valence-corrected chi connectivity index (χ4v) is 10.0.